The highest BCUT2D eigenvalue weighted by Gasteiger charge is 2.12. The van der Waals surface area contributed by atoms with Gasteiger partial charge in [-0.1, -0.05) is 29.8 Å². The predicted molar refractivity (Wildman–Crippen MR) is 60.5 cm³/mol. The molecule has 1 aliphatic heterocycles. The highest BCUT2D eigenvalue weighted by Crippen LogP contribution is 2.18. The van der Waals surface area contributed by atoms with Gasteiger partial charge in [0.25, 0.3) is 0 Å². The van der Waals surface area contributed by atoms with Crippen molar-refractivity contribution in [3.63, 3.8) is 0 Å². The summed E-state index contributed by atoms with van der Waals surface area (Å²) < 4.78 is 0. The molecule has 0 aromatic heterocycles. The minimum absolute atomic E-state index is 0.902. The van der Waals surface area contributed by atoms with Gasteiger partial charge in [-0.25, -0.2) is 0 Å². The van der Waals surface area contributed by atoms with Crippen molar-refractivity contribution >= 4 is 0 Å². The number of piperidine rings is 1. The van der Waals surface area contributed by atoms with E-state index >= 15 is 0 Å². The van der Waals surface area contributed by atoms with E-state index in [0.717, 1.165) is 5.92 Å². The van der Waals surface area contributed by atoms with Crippen molar-refractivity contribution in [3.05, 3.63) is 35.4 Å². The molecule has 0 spiro atoms. The van der Waals surface area contributed by atoms with Crippen LogP contribution in [0.4, 0.5) is 0 Å². The fourth-order valence-corrected chi connectivity index (χ4v) is 2.14. The number of hydrogen-bond donors (Lipinski definition) is 1. The predicted octanol–water partition coefficient (Wildman–Crippen LogP) is 2.54. The summed E-state index contributed by atoms with van der Waals surface area (Å²) in [4.78, 5) is 0. The molecule has 0 atom stereocenters. The molecule has 1 aromatic carbocycles. The highest BCUT2D eigenvalue weighted by molar-refractivity contribution is 5.21. The molecule has 0 unspecified atom stereocenters. The Bertz CT molecular complexity index is 270. The van der Waals surface area contributed by atoms with Crippen LogP contribution in [-0.4, -0.2) is 13.1 Å². The molecule has 14 heavy (non-hydrogen) atoms. The van der Waals surface area contributed by atoms with Gasteiger partial charge in [0, 0.05) is 0 Å². The smallest absolute Gasteiger partial charge is 0.00462 e. The van der Waals surface area contributed by atoms with E-state index < -0.39 is 0 Å². The van der Waals surface area contributed by atoms with Crippen LogP contribution in [0.2, 0.25) is 0 Å². The van der Waals surface area contributed by atoms with Crippen molar-refractivity contribution in [2.75, 3.05) is 13.1 Å². The molecule has 0 aliphatic carbocycles. The molecule has 1 N–H and O–H groups in total. The zero-order chi connectivity index (χ0) is 9.80. The highest BCUT2D eigenvalue weighted by atomic mass is 14.9. The van der Waals surface area contributed by atoms with E-state index in [1.165, 1.54) is 43.5 Å². The van der Waals surface area contributed by atoms with Gasteiger partial charge >= 0.3 is 0 Å². The topological polar surface area (TPSA) is 12.0 Å². The lowest BCUT2D eigenvalue weighted by Gasteiger charge is -2.22. The van der Waals surface area contributed by atoms with E-state index in [1.807, 2.05) is 0 Å². The fraction of sp³-hybridized carbons (Fsp3) is 0.538. The molecule has 1 heteroatoms. The number of aryl methyl sites for hydroxylation is 1. The average Bonchev–Trinajstić information content (AvgIpc) is 2.23. The maximum atomic E-state index is 3.41. The molecule has 0 bridgehead atoms. The van der Waals surface area contributed by atoms with E-state index in [9.17, 15) is 0 Å². The van der Waals surface area contributed by atoms with E-state index in [0.29, 0.717) is 0 Å². The Morgan fingerprint density at radius 1 is 1.14 bits per heavy atom. The van der Waals surface area contributed by atoms with E-state index in [2.05, 4.69) is 36.5 Å². The zero-order valence-corrected chi connectivity index (χ0v) is 8.92. The second kappa shape index (κ2) is 4.61. The molecule has 1 saturated heterocycles. The molecule has 1 nitrogen and oxygen atoms in total. The summed E-state index contributed by atoms with van der Waals surface area (Å²) in [6.07, 6.45) is 3.95. The zero-order valence-electron chi connectivity index (χ0n) is 8.92. The molecular formula is C13H19N. The molecule has 1 heterocycles. The molecule has 0 amide bonds. The molecule has 0 saturated carbocycles. The van der Waals surface area contributed by atoms with Crippen molar-refractivity contribution in [3.8, 4) is 0 Å². The van der Waals surface area contributed by atoms with Crippen LogP contribution in [0.15, 0.2) is 24.3 Å². The molecule has 1 fully saturated rings. The molecular weight excluding hydrogens is 170 g/mol. The molecule has 76 valence electrons. The maximum Gasteiger partial charge on any atom is -0.00462 e. The Morgan fingerprint density at radius 2 is 1.79 bits per heavy atom. The summed E-state index contributed by atoms with van der Waals surface area (Å²) in [5, 5.41) is 3.41. The van der Waals surface area contributed by atoms with Gasteiger partial charge in [-0.15, -0.1) is 0 Å². The van der Waals surface area contributed by atoms with Crippen LogP contribution in [-0.2, 0) is 6.42 Å². The van der Waals surface area contributed by atoms with Crippen molar-refractivity contribution in [1.29, 1.82) is 0 Å². The Morgan fingerprint density at radius 3 is 2.43 bits per heavy atom. The monoisotopic (exact) mass is 189 g/mol. The van der Waals surface area contributed by atoms with Crippen LogP contribution in [0.25, 0.3) is 0 Å². The van der Waals surface area contributed by atoms with Gasteiger partial charge in [0.05, 0.1) is 0 Å². The summed E-state index contributed by atoms with van der Waals surface area (Å²) in [5.74, 6) is 0.902. The normalized spacial score (nSPS) is 18.4. The summed E-state index contributed by atoms with van der Waals surface area (Å²) in [6, 6.07) is 8.99. The second-order valence-corrected chi connectivity index (χ2v) is 4.38. The maximum absolute atomic E-state index is 3.41. The van der Waals surface area contributed by atoms with Crippen LogP contribution in [0.3, 0.4) is 0 Å². The number of benzene rings is 1. The number of rotatable bonds is 2. The first-order valence-corrected chi connectivity index (χ1v) is 5.61. The summed E-state index contributed by atoms with van der Waals surface area (Å²) in [7, 11) is 0. The number of nitrogens with one attached hydrogen (secondary N) is 1. The van der Waals surface area contributed by atoms with Gasteiger partial charge in [0.15, 0.2) is 0 Å². The van der Waals surface area contributed by atoms with Crippen LogP contribution < -0.4 is 5.32 Å². The van der Waals surface area contributed by atoms with Crippen LogP contribution in [0, 0.1) is 12.8 Å². The lowest BCUT2D eigenvalue weighted by molar-refractivity contribution is 0.372. The van der Waals surface area contributed by atoms with Crippen LogP contribution in [0.1, 0.15) is 24.0 Å². The lowest BCUT2D eigenvalue weighted by Crippen LogP contribution is -2.28. The van der Waals surface area contributed by atoms with Crippen LogP contribution >= 0.6 is 0 Å². The molecule has 2 rings (SSSR count). The summed E-state index contributed by atoms with van der Waals surface area (Å²) in [6.45, 7) is 4.56. The third kappa shape index (κ3) is 2.58. The lowest BCUT2D eigenvalue weighted by atomic mass is 9.91. The summed E-state index contributed by atoms with van der Waals surface area (Å²) >= 11 is 0. The first kappa shape index (κ1) is 9.72. The fourth-order valence-electron chi connectivity index (χ4n) is 2.14. The van der Waals surface area contributed by atoms with Gasteiger partial charge in [-0.2, -0.15) is 0 Å². The van der Waals surface area contributed by atoms with Crippen LogP contribution in [0.5, 0.6) is 0 Å². The van der Waals surface area contributed by atoms with Crippen molar-refractivity contribution in [2.45, 2.75) is 26.2 Å². The van der Waals surface area contributed by atoms with Gasteiger partial charge in [0.1, 0.15) is 0 Å². The molecule has 0 radical (unpaired) electrons. The standard InChI is InChI=1S/C13H19N/c1-11-2-4-12(5-3-11)10-13-6-8-14-9-7-13/h2-5,13-14H,6-10H2,1H3. The Hall–Kier alpha value is -0.820. The summed E-state index contributed by atoms with van der Waals surface area (Å²) in [5.41, 5.74) is 2.86. The third-order valence-electron chi connectivity index (χ3n) is 3.10. The average molecular weight is 189 g/mol. The quantitative estimate of drug-likeness (QED) is 0.754. The molecule has 1 aliphatic rings. The number of hydrogen-bond acceptors (Lipinski definition) is 1. The van der Waals surface area contributed by atoms with E-state index in [1.54, 1.807) is 0 Å². The third-order valence-corrected chi connectivity index (χ3v) is 3.10. The van der Waals surface area contributed by atoms with Crippen molar-refractivity contribution in [2.24, 2.45) is 5.92 Å². The largest absolute Gasteiger partial charge is 0.317 e. The molecule has 1 aromatic rings. The second-order valence-electron chi connectivity index (χ2n) is 4.38. The van der Waals surface area contributed by atoms with Gasteiger partial charge in [-0.05, 0) is 50.8 Å². The van der Waals surface area contributed by atoms with E-state index in [4.69, 9.17) is 0 Å². The minimum Gasteiger partial charge on any atom is -0.317 e. The van der Waals surface area contributed by atoms with Crippen molar-refractivity contribution < 1.29 is 0 Å². The van der Waals surface area contributed by atoms with Gasteiger partial charge in [0.2, 0.25) is 0 Å². The Labute approximate surface area is 86.5 Å². The van der Waals surface area contributed by atoms with Gasteiger partial charge in [-0.3, -0.25) is 0 Å². The Balaban J connectivity index is 1.92. The SMILES string of the molecule is Cc1ccc(CC2CCNCC2)cc1. The van der Waals surface area contributed by atoms with Crippen molar-refractivity contribution in [1.82, 2.24) is 5.32 Å². The minimum atomic E-state index is 0.902. The first-order valence-electron chi connectivity index (χ1n) is 5.61. The Kier molecular flexibility index (Phi) is 3.20. The van der Waals surface area contributed by atoms with E-state index in [-0.39, 0.29) is 0 Å². The first-order chi connectivity index (χ1) is 6.84. The van der Waals surface area contributed by atoms with Gasteiger partial charge < -0.3 is 5.32 Å².